The van der Waals surface area contributed by atoms with Gasteiger partial charge in [-0.25, -0.2) is 4.98 Å². The van der Waals surface area contributed by atoms with Gasteiger partial charge in [-0.2, -0.15) is 5.26 Å². The van der Waals surface area contributed by atoms with E-state index in [0.29, 0.717) is 31.6 Å². The number of nitrogens with one attached hydrogen (secondary N) is 1. The van der Waals surface area contributed by atoms with Crippen LogP contribution in [-0.4, -0.2) is 39.8 Å². The summed E-state index contributed by atoms with van der Waals surface area (Å²) >= 11 is 0. The van der Waals surface area contributed by atoms with E-state index >= 15 is 0 Å². The van der Waals surface area contributed by atoms with E-state index in [2.05, 4.69) is 21.4 Å². The van der Waals surface area contributed by atoms with Crippen LogP contribution < -0.4 is 11.1 Å². The minimum absolute atomic E-state index is 0.0580. The number of nitrogens with two attached hydrogens (primary N) is 1. The summed E-state index contributed by atoms with van der Waals surface area (Å²) in [6, 6.07) is 9.68. The molecule has 3 aromatic rings. The molecule has 0 saturated carbocycles. The first-order valence-electron chi connectivity index (χ1n) is 10.1. The van der Waals surface area contributed by atoms with Gasteiger partial charge in [0.1, 0.15) is 5.82 Å². The molecule has 2 aromatic heterocycles. The van der Waals surface area contributed by atoms with E-state index in [4.69, 9.17) is 11.0 Å². The van der Waals surface area contributed by atoms with E-state index in [1.807, 2.05) is 25.1 Å². The molecule has 1 aliphatic heterocycles. The number of hydrogen-bond acceptors (Lipinski definition) is 6. The molecule has 0 spiro atoms. The quantitative estimate of drug-likeness (QED) is 0.491. The number of anilines is 2. The Labute approximate surface area is 179 Å². The van der Waals surface area contributed by atoms with Gasteiger partial charge < -0.3 is 16.0 Å². The SMILES string of the molecule is Cc1ccncc1-c1cc(N)c2cnc(NC(=O)C(=O)N3CCC(C#N)CC3)cc2c1. The van der Waals surface area contributed by atoms with Crippen LogP contribution in [0.5, 0.6) is 0 Å². The molecule has 3 heterocycles. The van der Waals surface area contributed by atoms with Gasteiger partial charge in [-0.1, -0.05) is 0 Å². The highest BCUT2D eigenvalue weighted by atomic mass is 16.2. The molecular formula is C23H22N6O2. The van der Waals surface area contributed by atoms with Crippen LogP contribution >= 0.6 is 0 Å². The van der Waals surface area contributed by atoms with Gasteiger partial charge >= 0.3 is 11.8 Å². The highest BCUT2D eigenvalue weighted by Crippen LogP contribution is 2.31. The number of likely N-dealkylation sites (tertiary alicyclic amines) is 1. The van der Waals surface area contributed by atoms with E-state index in [-0.39, 0.29) is 11.7 Å². The molecule has 31 heavy (non-hydrogen) atoms. The van der Waals surface area contributed by atoms with Gasteiger partial charge in [-0.3, -0.25) is 14.6 Å². The average Bonchev–Trinajstić information content (AvgIpc) is 2.78. The predicted octanol–water partition coefficient (Wildman–Crippen LogP) is 2.89. The molecule has 0 unspecified atom stereocenters. The molecule has 8 heteroatoms. The Morgan fingerprint density at radius 3 is 2.71 bits per heavy atom. The number of aromatic nitrogens is 2. The zero-order chi connectivity index (χ0) is 22.0. The Balaban J connectivity index is 1.56. The van der Waals surface area contributed by atoms with Crippen LogP contribution in [-0.2, 0) is 9.59 Å². The van der Waals surface area contributed by atoms with Gasteiger partial charge in [-0.05, 0) is 60.5 Å². The maximum Gasteiger partial charge on any atom is 0.315 e. The number of nitrogens with zero attached hydrogens (tertiary/aromatic N) is 4. The monoisotopic (exact) mass is 414 g/mol. The Kier molecular flexibility index (Phi) is 5.50. The lowest BCUT2D eigenvalue weighted by Gasteiger charge is -2.28. The number of nitrogen functional groups attached to an aromatic ring is 1. The zero-order valence-electron chi connectivity index (χ0n) is 17.1. The van der Waals surface area contributed by atoms with Crippen molar-refractivity contribution >= 4 is 34.1 Å². The summed E-state index contributed by atoms with van der Waals surface area (Å²) in [4.78, 5) is 34.8. The number of pyridine rings is 2. The molecule has 0 atom stereocenters. The fraction of sp³-hybridized carbons (Fsp3) is 0.261. The molecule has 1 aliphatic rings. The highest BCUT2D eigenvalue weighted by Gasteiger charge is 2.27. The van der Waals surface area contributed by atoms with Crippen LogP contribution in [0.15, 0.2) is 42.9 Å². The summed E-state index contributed by atoms with van der Waals surface area (Å²) in [6.45, 7) is 2.81. The number of benzene rings is 1. The largest absolute Gasteiger partial charge is 0.398 e. The van der Waals surface area contributed by atoms with Crippen molar-refractivity contribution in [2.45, 2.75) is 19.8 Å². The van der Waals surface area contributed by atoms with Gasteiger partial charge in [0.25, 0.3) is 0 Å². The summed E-state index contributed by atoms with van der Waals surface area (Å²) in [5.41, 5.74) is 9.75. The van der Waals surface area contributed by atoms with Gasteiger partial charge in [0.2, 0.25) is 0 Å². The molecule has 4 rings (SSSR count). The normalized spacial score (nSPS) is 14.3. The third-order valence-electron chi connectivity index (χ3n) is 5.62. The molecule has 0 radical (unpaired) electrons. The molecule has 1 saturated heterocycles. The first kappa shape index (κ1) is 20.3. The van der Waals surface area contributed by atoms with Crippen LogP contribution in [0.25, 0.3) is 21.9 Å². The average molecular weight is 414 g/mol. The Morgan fingerprint density at radius 1 is 1.23 bits per heavy atom. The van der Waals surface area contributed by atoms with Crippen molar-refractivity contribution in [1.82, 2.24) is 14.9 Å². The van der Waals surface area contributed by atoms with Crippen LogP contribution in [0.3, 0.4) is 0 Å². The van der Waals surface area contributed by atoms with E-state index < -0.39 is 11.8 Å². The topological polar surface area (TPSA) is 125 Å². The third-order valence-corrected chi connectivity index (χ3v) is 5.62. The van der Waals surface area contributed by atoms with E-state index in [1.165, 1.54) is 4.90 Å². The van der Waals surface area contributed by atoms with Crippen LogP contribution in [0.4, 0.5) is 11.5 Å². The fourth-order valence-corrected chi connectivity index (χ4v) is 3.80. The summed E-state index contributed by atoms with van der Waals surface area (Å²) in [7, 11) is 0. The first-order chi connectivity index (χ1) is 15.0. The van der Waals surface area contributed by atoms with Crippen molar-refractivity contribution in [2.24, 2.45) is 5.92 Å². The molecule has 156 valence electrons. The van der Waals surface area contributed by atoms with Gasteiger partial charge in [0.05, 0.1) is 6.07 Å². The van der Waals surface area contributed by atoms with Crippen molar-refractivity contribution in [1.29, 1.82) is 5.26 Å². The molecule has 0 aliphatic carbocycles. The Morgan fingerprint density at radius 2 is 2.00 bits per heavy atom. The summed E-state index contributed by atoms with van der Waals surface area (Å²) < 4.78 is 0. The number of carbonyl (C=O) groups excluding carboxylic acids is 2. The van der Waals surface area contributed by atoms with Gasteiger partial charge in [0, 0.05) is 54.2 Å². The van der Waals surface area contributed by atoms with Crippen molar-refractivity contribution < 1.29 is 9.59 Å². The summed E-state index contributed by atoms with van der Waals surface area (Å²) in [5.74, 6) is -1.14. The molecule has 8 nitrogen and oxygen atoms in total. The van der Waals surface area contributed by atoms with Crippen molar-refractivity contribution in [2.75, 3.05) is 24.1 Å². The lowest BCUT2D eigenvalue weighted by atomic mass is 9.98. The van der Waals surface area contributed by atoms with Crippen molar-refractivity contribution in [3.63, 3.8) is 0 Å². The van der Waals surface area contributed by atoms with Gasteiger partial charge in [0.15, 0.2) is 0 Å². The second-order valence-electron chi connectivity index (χ2n) is 7.70. The second-order valence-corrected chi connectivity index (χ2v) is 7.70. The molecule has 1 fully saturated rings. The first-order valence-corrected chi connectivity index (χ1v) is 10.1. The fourth-order valence-electron chi connectivity index (χ4n) is 3.80. The number of fused-ring (bicyclic) bond motifs is 1. The summed E-state index contributed by atoms with van der Waals surface area (Å²) in [6.07, 6.45) is 6.27. The lowest BCUT2D eigenvalue weighted by molar-refractivity contribution is -0.143. The number of piperidine rings is 1. The Bertz CT molecular complexity index is 1210. The lowest BCUT2D eigenvalue weighted by Crippen LogP contribution is -2.44. The maximum absolute atomic E-state index is 12.5. The molecule has 2 amide bonds. The highest BCUT2D eigenvalue weighted by molar-refractivity contribution is 6.39. The number of nitriles is 1. The number of carbonyl (C=O) groups is 2. The smallest absolute Gasteiger partial charge is 0.315 e. The zero-order valence-corrected chi connectivity index (χ0v) is 17.1. The molecule has 3 N–H and O–H groups in total. The van der Waals surface area contributed by atoms with Crippen LogP contribution in [0, 0.1) is 24.2 Å². The second kappa shape index (κ2) is 8.40. The maximum atomic E-state index is 12.5. The third kappa shape index (κ3) is 4.16. The van der Waals surface area contributed by atoms with Crippen LogP contribution in [0.1, 0.15) is 18.4 Å². The predicted molar refractivity (Wildman–Crippen MR) is 118 cm³/mol. The number of amides is 2. The minimum atomic E-state index is -0.741. The van der Waals surface area contributed by atoms with Crippen molar-refractivity contribution in [3.05, 3.63) is 48.4 Å². The molecular weight excluding hydrogens is 392 g/mol. The molecule has 0 bridgehead atoms. The van der Waals surface area contributed by atoms with E-state index in [0.717, 1.165) is 27.5 Å². The summed E-state index contributed by atoms with van der Waals surface area (Å²) in [5, 5.41) is 13.1. The number of rotatable bonds is 2. The van der Waals surface area contributed by atoms with Gasteiger partial charge in [-0.15, -0.1) is 0 Å². The standard InChI is InChI=1S/C23H22N6O2/c1-14-2-5-26-12-18(14)16-8-17-10-21(27-13-19(17)20(25)9-16)28-22(30)23(31)29-6-3-15(11-24)4-7-29/h2,5,8-10,12-13,15H,3-4,6-7,25H2,1H3,(H,27,28,30). The minimum Gasteiger partial charge on any atom is -0.398 e. The Hall–Kier alpha value is -3.99. The van der Waals surface area contributed by atoms with E-state index in [9.17, 15) is 9.59 Å². The van der Waals surface area contributed by atoms with E-state index in [1.54, 1.807) is 24.7 Å². The molecule has 1 aromatic carbocycles. The number of hydrogen-bond donors (Lipinski definition) is 2. The van der Waals surface area contributed by atoms with Crippen LogP contribution in [0.2, 0.25) is 0 Å². The van der Waals surface area contributed by atoms with Crippen molar-refractivity contribution in [3.8, 4) is 17.2 Å². The number of aryl methyl sites for hydroxylation is 1.